The number of carbonyl (C=O) groups is 1. The fourth-order valence-corrected chi connectivity index (χ4v) is 3.08. The van der Waals surface area contributed by atoms with Crippen LogP contribution in [-0.2, 0) is 12.9 Å². The third-order valence-electron chi connectivity index (χ3n) is 4.79. The highest BCUT2D eigenvalue weighted by Gasteiger charge is 2.30. The second-order valence-corrected chi connectivity index (χ2v) is 6.99. The number of ether oxygens (including phenoxy) is 3. The van der Waals surface area contributed by atoms with Crippen molar-refractivity contribution in [2.75, 3.05) is 24.9 Å². The van der Waals surface area contributed by atoms with E-state index in [1.54, 1.807) is 32.0 Å². The molecule has 2 amide bonds. The number of methoxy groups -OCH3 is 2. The molecule has 3 aromatic rings. The van der Waals surface area contributed by atoms with Crippen LogP contribution in [0.2, 0.25) is 0 Å². The summed E-state index contributed by atoms with van der Waals surface area (Å²) in [6.07, 6.45) is -4.46. The van der Waals surface area contributed by atoms with Crippen molar-refractivity contribution < 1.29 is 32.2 Å². The second kappa shape index (κ2) is 9.72. The third kappa shape index (κ3) is 5.68. The van der Waals surface area contributed by atoms with Gasteiger partial charge in [-0.3, -0.25) is 0 Å². The Balaban J connectivity index is 1.70. The van der Waals surface area contributed by atoms with E-state index in [0.717, 1.165) is 12.1 Å². The number of amides is 2. The maximum atomic E-state index is 12.9. The number of nitrogens with zero attached hydrogens (tertiary/aromatic N) is 2. The lowest BCUT2D eigenvalue weighted by molar-refractivity contribution is -0.137. The van der Waals surface area contributed by atoms with Crippen molar-refractivity contribution in [1.29, 1.82) is 0 Å². The molecule has 0 saturated heterocycles. The highest BCUT2D eigenvalue weighted by atomic mass is 19.4. The van der Waals surface area contributed by atoms with E-state index in [0.29, 0.717) is 34.3 Å². The van der Waals surface area contributed by atoms with Crippen LogP contribution in [0.15, 0.2) is 42.5 Å². The summed E-state index contributed by atoms with van der Waals surface area (Å²) < 4.78 is 56.0. The van der Waals surface area contributed by atoms with Gasteiger partial charge in [-0.2, -0.15) is 18.3 Å². The lowest BCUT2D eigenvalue weighted by Gasteiger charge is -2.13. The van der Waals surface area contributed by atoms with Gasteiger partial charge in [-0.05, 0) is 44.2 Å². The van der Waals surface area contributed by atoms with E-state index in [-0.39, 0.29) is 12.5 Å². The number of halogens is 3. The van der Waals surface area contributed by atoms with Gasteiger partial charge in [0.15, 0.2) is 6.73 Å². The van der Waals surface area contributed by atoms with E-state index in [1.807, 2.05) is 0 Å². The topological polar surface area (TPSA) is 86.6 Å². The molecule has 2 N–H and O–H groups in total. The summed E-state index contributed by atoms with van der Waals surface area (Å²) >= 11 is 0. The van der Waals surface area contributed by atoms with Gasteiger partial charge in [-0.1, -0.05) is 6.07 Å². The van der Waals surface area contributed by atoms with Gasteiger partial charge in [0.05, 0.1) is 42.5 Å². The van der Waals surface area contributed by atoms with Crippen molar-refractivity contribution in [3.05, 3.63) is 59.4 Å². The summed E-state index contributed by atoms with van der Waals surface area (Å²) in [6, 6.07) is 9.02. The molecule has 1 heterocycles. The van der Waals surface area contributed by atoms with Gasteiger partial charge in [-0.25, -0.2) is 9.48 Å². The summed E-state index contributed by atoms with van der Waals surface area (Å²) in [5.74, 6) is 1.04. The summed E-state index contributed by atoms with van der Waals surface area (Å²) in [6.45, 7) is 3.26. The van der Waals surface area contributed by atoms with E-state index in [4.69, 9.17) is 14.2 Å². The first-order valence-electron chi connectivity index (χ1n) is 9.76. The van der Waals surface area contributed by atoms with Crippen LogP contribution in [0.1, 0.15) is 17.0 Å². The van der Waals surface area contributed by atoms with Gasteiger partial charge in [0.25, 0.3) is 0 Å². The number of alkyl halides is 3. The van der Waals surface area contributed by atoms with Crippen LogP contribution in [0, 0.1) is 13.8 Å². The number of benzene rings is 2. The average molecular weight is 464 g/mol. The number of aryl methyl sites for hydroxylation is 1. The number of anilines is 2. The van der Waals surface area contributed by atoms with Gasteiger partial charge < -0.3 is 24.8 Å². The molecule has 11 heteroatoms. The Labute approximate surface area is 188 Å². The fourth-order valence-electron chi connectivity index (χ4n) is 3.08. The molecular formula is C22H23F3N4O4. The standard InChI is InChI=1S/C22H23F3N4O4/c1-13-20(27-21(30)26-18-11-16(31-3)8-9-19(18)32-4)14(2)29(28-13)12-33-17-7-5-6-15(10-17)22(23,24)25/h5-11H,12H2,1-4H3,(H2,26,27,30). The SMILES string of the molecule is COc1ccc(OC)c(NC(=O)Nc2c(C)nn(COc3cccc(C(F)(F)F)c3)c2C)c1. The lowest BCUT2D eigenvalue weighted by atomic mass is 10.2. The number of rotatable bonds is 7. The first-order valence-corrected chi connectivity index (χ1v) is 9.76. The van der Waals surface area contributed by atoms with E-state index in [2.05, 4.69) is 15.7 Å². The van der Waals surface area contributed by atoms with Crippen LogP contribution in [0.5, 0.6) is 17.2 Å². The van der Waals surface area contributed by atoms with Crippen molar-refractivity contribution in [2.24, 2.45) is 0 Å². The second-order valence-electron chi connectivity index (χ2n) is 6.99. The van der Waals surface area contributed by atoms with Crippen molar-refractivity contribution in [3.8, 4) is 17.2 Å². The van der Waals surface area contributed by atoms with Crippen molar-refractivity contribution in [2.45, 2.75) is 26.8 Å². The van der Waals surface area contributed by atoms with E-state index >= 15 is 0 Å². The molecule has 33 heavy (non-hydrogen) atoms. The van der Waals surface area contributed by atoms with Crippen molar-refractivity contribution in [3.63, 3.8) is 0 Å². The number of hydrogen-bond donors (Lipinski definition) is 2. The summed E-state index contributed by atoms with van der Waals surface area (Å²) in [4.78, 5) is 12.6. The molecule has 0 radical (unpaired) electrons. The fraction of sp³-hybridized carbons (Fsp3) is 0.273. The Bertz CT molecular complexity index is 1150. The summed E-state index contributed by atoms with van der Waals surface area (Å²) in [7, 11) is 2.99. The molecule has 8 nitrogen and oxygen atoms in total. The molecule has 0 aliphatic heterocycles. The monoisotopic (exact) mass is 464 g/mol. The molecule has 0 atom stereocenters. The summed E-state index contributed by atoms with van der Waals surface area (Å²) in [5.41, 5.74) is 1.12. The Morgan fingerprint density at radius 3 is 2.45 bits per heavy atom. The number of hydrogen-bond acceptors (Lipinski definition) is 5. The van der Waals surface area contributed by atoms with Crippen LogP contribution in [0.4, 0.5) is 29.3 Å². The molecule has 3 rings (SSSR count). The molecule has 0 aliphatic carbocycles. The van der Waals surface area contributed by atoms with E-state index in [1.165, 1.54) is 31.0 Å². The molecule has 1 aromatic heterocycles. The molecule has 0 fully saturated rings. The molecule has 0 spiro atoms. The minimum absolute atomic E-state index is 0.0507. The smallest absolute Gasteiger partial charge is 0.416 e. The minimum atomic E-state index is -4.46. The summed E-state index contributed by atoms with van der Waals surface area (Å²) in [5, 5.41) is 9.73. The number of carbonyl (C=O) groups excluding carboxylic acids is 1. The van der Waals surface area contributed by atoms with Crippen LogP contribution in [-0.4, -0.2) is 30.0 Å². The predicted octanol–water partition coefficient (Wildman–Crippen LogP) is 5.22. The van der Waals surface area contributed by atoms with Gasteiger partial charge in [-0.15, -0.1) is 0 Å². The van der Waals surface area contributed by atoms with E-state index in [9.17, 15) is 18.0 Å². The third-order valence-corrected chi connectivity index (χ3v) is 4.79. The Kier molecular flexibility index (Phi) is 7.00. The zero-order chi connectivity index (χ0) is 24.2. The first kappa shape index (κ1) is 23.8. The maximum Gasteiger partial charge on any atom is 0.416 e. The molecule has 0 unspecified atom stereocenters. The van der Waals surface area contributed by atoms with Crippen LogP contribution < -0.4 is 24.8 Å². The molecule has 0 bridgehead atoms. The molecule has 2 aromatic carbocycles. The number of urea groups is 1. The molecular weight excluding hydrogens is 441 g/mol. The zero-order valence-corrected chi connectivity index (χ0v) is 18.4. The van der Waals surface area contributed by atoms with E-state index < -0.39 is 17.8 Å². The van der Waals surface area contributed by atoms with Crippen LogP contribution in [0.25, 0.3) is 0 Å². The highest BCUT2D eigenvalue weighted by Crippen LogP contribution is 2.32. The first-order chi connectivity index (χ1) is 15.6. The van der Waals surface area contributed by atoms with Gasteiger partial charge >= 0.3 is 12.2 Å². The van der Waals surface area contributed by atoms with Crippen LogP contribution in [0.3, 0.4) is 0 Å². The Hall–Kier alpha value is -3.89. The largest absolute Gasteiger partial charge is 0.497 e. The Morgan fingerprint density at radius 2 is 1.79 bits per heavy atom. The molecule has 0 saturated carbocycles. The van der Waals surface area contributed by atoms with Gasteiger partial charge in [0, 0.05) is 6.07 Å². The normalized spacial score (nSPS) is 11.1. The maximum absolute atomic E-state index is 12.9. The highest BCUT2D eigenvalue weighted by molar-refractivity contribution is 6.01. The molecule has 176 valence electrons. The van der Waals surface area contributed by atoms with Crippen molar-refractivity contribution >= 4 is 17.4 Å². The van der Waals surface area contributed by atoms with Crippen molar-refractivity contribution in [1.82, 2.24) is 9.78 Å². The number of aromatic nitrogens is 2. The Morgan fingerprint density at radius 1 is 1.03 bits per heavy atom. The minimum Gasteiger partial charge on any atom is -0.497 e. The molecule has 0 aliphatic rings. The lowest BCUT2D eigenvalue weighted by Crippen LogP contribution is -2.20. The van der Waals surface area contributed by atoms with Gasteiger partial charge in [0.2, 0.25) is 0 Å². The van der Waals surface area contributed by atoms with Crippen LogP contribution >= 0.6 is 0 Å². The zero-order valence-electron chi connectivity index (χ0n) is 18.4. The number of nitrogens with one attached hydrogen (secondary N) is 2. The quantitative estimate of drug-likeness (QED) is 0.501. The predicted molar refractivity (Wildman–Crippen MR) is 116 cm³/mol. The van der Waals surface area contributed by atoms with Gasteiger partial charge in [0.1, 0.15) is 17.2 Å². The average Bonchev–Trinajstić information content (AvgIpc) is 3.04.